The van der Waals surface area contributed by atoms with E-state index < -0.39 is 6.09 Å². The minimum absolute atomic E-state index is 0.0411. The van der Waals surface area contributed by atoms with Gasteiger partial charge in [0, 0.05) is 18.7 Å². The molecule has 1 atom stereocenters. The second-order valence-electron chi connectivity index (χ2n) is 5.01. The number of fused-ring (bicyclic) bond motifs is 1. The topological polar surface area (TPSA) is 87.3 Å². The molecule has 1 aromatic carbocycles. The third-order valence-corrected chi connectivity index (χ3v) is 3.65. The predicted octanol–water partition coefficient (Wildman–Crippen LogP) is 1.13. The maximum Gasteiger partial charge on any atom is 0.407 e. The highest BCUT2D eigenvalue weighted by Crippen LogP contribution is 2.17. The van der Waals surface area contributed by atoms with E-state index in [0.717, 1.165) is 17.5 Å². The van der Waals surface area contributed by atoms with Crippen molar-refractivity contribution in [2.75, 3.05) is 20.2 Å². The molecule has 1 aliphatic rings. The number of imidazole rings is 1. The van der Waals surface area contributed by atoms with Gasteiger partial charge in [0.2, 0.25) is 0 Å². The monoisotopic (exact) mass is 288 g/mol. The van der Waals surface area contributed by atoms with Crippen LogP contribution in [0.4, 0.5) is 4.79 Å². The van der Waals surface area contributed by atoms with Gasteiger partial charge in [0.15, 0.2) is 0 Å². The van der Waals surface area contributed by atoms with Gasteiger partial charge in [0.25, 0.3) is 5.91 Å². The Morgan fingerprint density at radius 2 is 2.33 bits per heavy atom. The first-order chi connectivity index (χ1) is 10.2. The lowest BCUT2D eigenvalue weighted by Gasteiger charge is -2.17. The highest BCUT2D eigenvalue weighted by atomic mass is 16.5. The number of hydrogen-bond acceptors (Lipinski definition) is 4. The number of amides is 2. The molecule has 0 spiro atoms. The van der Waals surface area contributed by atoms with Crippen LogP contribution in [0.15, 0.2) is 24.5 Å². The summed E-state index contributed by atoms with van der Waals surface area (Å²) in [5, 5.41) is 2.72. The number of carbonyl (C=O) groups is 2. The molecule has 1 fully saturated rings. The number of nitrogens with zero attached hydrogens (tertiary/aromatic N) is 2. The van der Waals surface area contributed by atoms with E-state index in [1.54, 1.807) is 23.4 Å². The minimum Gasteiger partial charge on any atom is -0.453 e. The molecule has 0 saturated carbocycles. The fourth-order valence-electron chi connectivity index (χ4n) is 2.54. The van der Waals surface area contributed by atoms with Crippen molar-refractivity contribution in [3.05, 3.63) is 30.1 Å². The molecule has 3 rings (SSSR count). The summed E-state index contributed by atoms with van der Waals surface area (Å²) in [6, 6.07) is 5.33. The summed E-state index contributed by atoms with van der Waals surface area (Å²) < 4.78 is 4.57. The Morgan fingerprint density at radius 1 is 1.48 bits per heavy atom. The zero-order chi connectivity index (χ0) is 14.8. The average Bonchev–Trinajstić information content (AvgIpc) is 3.14. The van der Waals surface area contributed by atoms with E-state index in [9.17, 15) is 9.59 Å². The van der Waals surface area contributed by atoms with E-state index in [2.05, 4.69) is 20.0 Å². The highest BCUT2D eigenvalue weighted by molar-refractivity contribution is 5.97. The second-order valence-corrected chi connectivity index (χ2v) is 5.01. The highest BCUT2D eigenvalue weighted by Gasteiger charge is 2.28. The average molecular weight is 288 g/mol. The number of alkyl carbamates (subject to hydrolysis) is 1. The molecule has 2 N–H and O–H groups in total. The Balaban J connectivity index is 1.69. The molecular formula is C14H16N4O3. The summed E-state index contributed by atoms with van der Waals surface area (Å²) in [6.07, 6.45) is 1.87. The summed E-state index contributed by atoms with van der Waals surface area (Å²) in [5.41, 5.74) is 2.29. The van der Waals surface area contributed by atoms with Crippen LogP contribution < -0.4 is 5.32 Å². The lowest BCUT2D eigenvalue weighted by atomic mass is 10.2. The summed E-state index contributed by atoms with van der Waals surface area (Å²) in [5.74, 6) is -0.0411. The normalized spacial score (nSPS) is 18.0. The van der Waals surface area contributed by atoms with E-state index >= 15 is 0 Å². The van der Waals surface area contributed by atoms with E-state index in [-0.39, 0.29) is 11.9 Å². The van der Waals surface area contributed by atoms with Crippen molar-refractivity contribution in [1.29, 1.82) is 0 Å². The largest absolute Gasteiger partial charge is 0.453 e. The van der Waals surface area contributed by atoms with Crippen molar-refractivity contribution in [3.8, 4) is 0 Å². The fourth-order valence-corrected chi connectivity index (χ4v) is 2.54. The zero-order valence-electron chi connectivity index (χ0n) is 11.6. The zero-order valence-corrected chi connectivity index (χ0v) is 11.6. The first kappa shape index (κ1) is 13.4. The summed E-state index contributed by atoms with van der Waals surface area (Å²) in [6.45, 7) is 1.11. The van der Waals surface area contributed by atoms with Gasteiger partial charge in [-0.05, 0) is 24.6 Å². The first-order valence-electron chi connectivity index (χ1n) is 6.74. The lowest BCUT2D eigenvalue weighted by molar-refractivity contribution is 0.0788. The van der Waals surface area contributed by atoms with Gasteiger partial charge in [0.05, 0.1) is 30.5 Å². The second kappa shape index (κ2) is 5.43. The van der Waals surface area contributed by atoms with Crippen molar-refractivity contribution in [2.24, 2.45) is 0 Å². The van der Waals surface area contributed by atoms with Crippen LogP contribution in [-0.4, -0.2) is 53.1 Å². The summed E-state index contributed by atoms with van der Waals surface area (Å²) in [4.78, 5) is 32.5. The van der Waals surface area contributed by atoms with Crippen LogP contribution in [0.5, 0.6) is 0 Å². The first-order valence-corrected chi connectivity index (χ1v) is 6.74. The van der Waals surface area contributed by atoms with E-state index in [0.29, 0.717) is 18.7 Å². The molecule has 2 heterocycles. The van der Waals surface area contributed by atoms with E-state index in [1.165, 1.54) is 7.11 Å². The number of rotatable bonds is 2. The van der Waals surface area contributed by atoms with Crippen LogP contribution in [0.3, 0.4) is 0 Å². The third kappa shape index (κ3) is 2.67. The number of hydrogen-bond donors (Lipinski definition) is 2. The number of carbonyl (C=O) groups excluding carboxylic acids is 2. The SMILES string of the molecule is COC(=O)NC1CCN(C(=O)c2ccc3nc[nH]c3c2)C1. The molecule has 1 aromatic heterocycles. The molecule has 2 amide bonds. The fraction of sp³-hybridized carbons (Fsp3) is 0.357. The molecule has 1 aliphatic heterocycles. The van der Waals surface area contributed by atoms with Gasteiger partial charge < -0.3 is 19.9 Å². The number of H-pyrrole nitrogens is 1. The molecule has 0 bridgehead atoms. The number of methoxy groups -OCH3 is 1. The van der Waals surface area contributed by atoms with Gasteiger partial charge in [-0.1, -0.05) is 0 Å². The van der Waals surface area contributed by atoms with Crippen LogP contribution in [-0.2, 0) is 4.74 Å². The third-order valence-electron chi connectivity index (χ3n) is 3.65. The molecule has 0 aliphatic carbocycles. The molecular weight excluding hydrogens is 272 g/mol. The van der Waals surface area contributed by atoms with Crippen molar-refractivity contribution in [3.63, 3.8) is 0 Å². The van der Waals surface area contributed by atoms with Crippen LogP contribution >= 0.6 is 0 Å². The summed E-state index contributed by atoms with van der Waals surface area (Å²) in [7, 11) is 1.33. The Morgan fingerprint density at radius 3 is 3.14 bits per heavy atom. The van der Waals surface area contributed by atoms with Crippen LogP contribution in [0.25, 0.3) is 11.0 Å². The molecule has 21 heavy (non-hydrogen) atoms. The van der Waals surface area contributed by atoms with Gasteiger partial charge in [-0.3, -0.25) is 4.79 Å². The molecule has 1 saturated heterocycles. The number of nitrogens with one attached hydrogen (secondary N) is 2. The number of ether oxygens (including phenoxy) is 1. The number of likely N-dealkylation sites (tertiary alicyclic amines) is 1. The Kier molecular flexibility index (Phi) is 3.47. The Labute approximate surface area is 121 Å². The minimum atomic E-state index is -0.465. The van der Waals surface area contributed by atoms with Crippen molar-refractivity contribution >= 4 is 23.0 Å². The van der Waals surface area contributed by atoms with Gasteiger partial charge in [-0.2, -0.15) is 0 Å². The molecule has 0 radical (unpaired) electrons. The summed E-state index contributed by atoms with van der Waals surface area (Å²) >= 11 is 0. The van der Waals surface area contributed by atoms with Crippen molar-refractivity contribution < 1.29 is 14.3 Å². The molecule has 7 heteroatoms. The quantitative estimate of drug-likeness (QED) is 0.867. The van der Waals surface area contributed by atoms with Gasteiger partial charge in [0.1, 0.15) is 0 Å². The van der Waals surface area contributed by atoms with Crippen molar-refractivity contribution in [2.45, 2.75) is 12.5 Å². The number of benzene rings is 1. The van der Waals surface area contributed by atoms with Gasteiger partial charge in [-0.25, -0.2) is 9.78 Å². The Bertz CT molecular complexity index is 682. The van der Waals surface area contributed by atoms with Crippen LogP contribution in [0, 0.1) is 0 Å². The van der Waals surface area contributed by atoms with Crippen LogP contribution in [0.1, 0.15) is 16.8 Å². The maximum atomic E-state index is 12.5. The smallest absolute Gasteiger partial charge is 0.407 e. The molecule has 7 nitrogen and oxygen atoms in total. The maximum absolute atomic E-state index is 12.5. The van der Waals surface area contributed by atoms with Gasteiger partial charge in [-0.15, -0.1) is 0 Å². The molecule has 1 unspecified atom stereocenters. The van der Waals surface area contributed by atoms with E-state index in [1.807, 2.05) is 6.07 Å². The number of aromatic amines is 1. The lowest BCUT2D eigenvalue weighted by Crippen LogP contribution is -2.38. The van der Waals surface area contributed by atoms with Gasteiger partial charge >= 0.3 is 6.09 Å². The molecule has 2 aromatic rings. The number of aromatic nitrogens is 2. The predicted molar refractivity (Wildman–Crippen MR) is 75.9 cm³/mol. The van der Waals surface area contributed by atoms with E-state index in [4.69, 9.17) is 0 Å². The Hall–Kier alpha value is -2.57. The molecule has 110 valence electrons. The standard InChI is InChI=1S/C14H16N4O3/c1-21-14(20)17-10-4-5-18(7-10)13(19)9-2-3-11-12(6-9)16-8-15-11/h2-3,6,8,10H,4-5,7H2,1H3,(H,15,16)(H,17,20). The van der Waals surface area contributed by atoms with Crippen LogP contribution in [0.2, 0.25) is 0 Å². The van der Waals surface area contributed by atoms with Crippen molar-refractivity contribution in [1.82, 2.24) is 20.2 Å².